The molecule has 2 heterocycles. The molecule has 0 aliphatic heterocycles. The van der Waals surface area contributed by atoms with E-state index >= 15 is 0 Å². The summed E-state index contributed by atoms with van der Waals surface area (Å²) in [4.78, 5) is 7.24. The van der Waals surface area contributed by atoms with Gasteiger partial charge < -0.3 is 9.73 Å². The number of para-hydroxylation sites is 2. The molecule has 0 aliphatic carbocycles. The van der Waals surface area contributed by atoms with Crippen LogP contribution in [0.3, 0.4) is 0 Å². The van der Waals surface area contributed by atoms with E-state index in [2.05, 4.69) is 36.3 Å². The molecule has 3 aromatic rings. The van der Waals surface area contributed by atoms with E-state index in [-0.39, 0.29) is 6.04 Å². The first-order valence-corrected chi connectivity index (χ1v) is 7.72. The Morgan fingerprint density at radius 3 is 2.80 bits per heavy atom. The van der Waals surface area contributed by atoms with Crippen LogP contribution in [0.15, 0.2) is 40.8 Å². The minimum atomic E-state index is 0.270. The van der Waals surface area contributed by atoms with E-state index in [1.165, 1.54) is 9.75 Å². The lowest BCUT2D eigenvalue weighted by atomic mass is 10.1. The van der Waals surface area contributed by atoms with E-state index in [0.717, 1.165) is 30.0 Å². The Hall–Kier alpha value is -1.65. The molecule has 1 aromatic carbocycles. The fourth-order valence-electron chi connectivity index (χ4n) is 2.34. The number of aryl methyl sites for hydroxylation is 1. The SMILES string of the molecule is CCNC(Cc1nc2ccccc2o1)c1ccc(C)s1. The summed E-state index contributed by atoms with van der Waals surface area (Å²) in [7, 11) is 0. The van der Waals surface area contributed by atoms with Gasteiger partial charge in [0.05, 0.1) is 6.04 Å². The van der Waals surface area contributed by atoms with Crippen LogP contribution in [-0.2, 0) is 6.42 Å². The average Bonchev–Trinajstić information content (AvgIpc) is 3.03. The zero-order chi connectivity index (χ0) is 13.9. The van der Waals surface area contributed by atoms with Crippen LogP contribution in [0.4, 0.5) is 0 Å². The molecule has 1 atom stereocenters. The van der Waals surface area contributed by atoms with Crippen molar-refractivity contribution in [2.75, 3.05) is 6.54 Å². The molecule has 104 valence electrons. The Bertz CT molecular complexity index is 668. The molecule has 0 saturated carbocycles. The first-order valence-electron chi connectivity index (χ1n) is 6.90. The summed E-state index contributed by atoms with van der Waals surface area (Å²) in [5, 5.41) is 3.52. The van der Waals surface area contributed by atoms with Crippen molar-refractivity contribution in [1.29, 1.82) is 0 Å². The van der Waals surface area contributed by atoms with Crippen molar-refractivity contribution in [2.45, 2.75) is 26.3 Å². The second-order valence-corrected chi connectivity index (χ2v) is 6.16. The van der Waals surface area contributed by atoms with Crippen LogP contribution in [0, 0.1) is 6.92 Å². The fourth-order valence-corrected chi connectivity index (χ4v) is 3.30. The number of benzene rings is 1. The van der Waals surface area contributed by atoms with E-state index in [0.29, 0.717) is 0 Å². The lowest BCUT2D eigenvalue weighted by molar-refractivity contribution is 0.464. The quantitative estimate of drug-likeness (QED) is 0.767. The average molecular weight is 286 g/mol. The molecule has 1 unspecified atom stereocenters. The van der Waals surface area contributed by atoms with Gasteiger partial charge in [-0.1, -0.05) is 19.1 Å². The van der Waals surface area contributed by atoms with Crippen molar-refractivity contribution in [3.8, 4) is 0 Å². The summed E-state index contributed by atoms with van der Waals surface area (Å²) < 4.78 is 5.83. The summed E-state index contributed by atoms with van der Waals surface area (Å²) >= 11 is 1.83. The number of rotatable bonds is 5. The molecule has 0 fully saturated rings. The highest BCUT2D eigenvalue weighted by molar-refractivity contribution is 7.12. The number of thiophene rings is 1. The molecule has 0 aliphatic rings. The predicted molar refractivity (Wildman–Crippen MR) is 83.2 cm³/mol. The number of oxazole rings is 1. The van der Waals surface area contributed by atoms with Crippen molar-refractivity contribution in [2.24, 2.45) is 0 Å². The van der Waals surface area contributed by atoms with Gasteiger partial charge in [0, 0.05) is 16.2 Å². The summed E-state index contributed by atoms with van der Waals surface area (Å²) in [6, 6.07) is 12.5. The summed E-state index contributed by atoms with van der Waals surface area (Å²) in [5.74, 6) is 0.795. The van der Waals surface area contributed by atoms with Gasteiger partial charge in [0.15, 0.2) is 11.5 Å². The topological polar surface area (TPSA) is 38.1 Å². The molecule has 0 radical (unpaired) electrons. The number of hydrogen-bond acceptors (Lipinski definition) is 4. The molecule has 1 N–H and O–H groups in total. The third-order valence-electron chi connectivity index (χ3n) is 3.27. The Kier molecular flexibility index (Phi) is 3.85. The van der Waals surface area contributed by atoms with Crippen molar-refractivity contribution in [3.05, 3.63) is 52.0 Å². The number of aromatic nitrogens is 1. The first kappa shape index (κ1) is 13.3. The standard InChI is InChI=1S/C16H18N2OS/c1-3-17-13(15-9-8-11(2)20-15)10-16-18-12-6-4-5-7-14(12)19-16/h4-9,13,17H,3,10H2,1-2H3. The summed E-state index contributed by atoms with van der Waals surface area (Å²) in [5.41, 5.74) is 1.79. The maximum absolute atomic E-state index is 5.83. The normalized spacial score (nSPS) is 12.9. The number of nitrogens with zero attached hydrogens (tertiary/aromatic N) is 1. The fraction of sp³-hybridized carbons (Fsp3) is 0.312. The number of likely N-dealkylation sites (N-methyl/N-ethyl adjacent to an activating group) is 1. The highest BCUT2D eigenvalue weighted by Gasteiger charge is 2.16. The zero-order valence-corrected chi connectivity index (χ0v) is 12.5. The monoisotopic (exact) mass is 286 g/mol. The van der Waals surface area contributed by atoms with Crippen molar-refractivity contribution >= 4 is 22.4 Å². The van der Waals surface area contributed by atoms with Crippen LogP contribution >= 0.6 is 11.3 Å². The molecular weight excluding hydrogens is 268 g/mol. The van der Waals surface area contributed by atoms with Gasteiger partial charge in [0.1, 0.15) is 5.52 Å². The van der Waals surface area contributed by atoms with Gasteiger partial charge in [0.25, 0.3) is 0 Å². The highest BCUT2D eigenvalue weighted by atomic mass is 32.1. The number of hydrogen-bond donors (Lipinski definition) is 1. The van der Waals surface area contributed by atoms with Gasteiger partial charge in [-0.25, -0.2) is 4.98 Å². The third kappa shape index (κ3) is 2.76. The van der Waals surface area contributed by atoms with Crippen molar-refractivity contribution in [3.63, 3.8) is 0 Å². The lowest BCUT2D eigenvalue weighted by Gasteiger charge is -2.14. The van der Waals surface area contributed by atoms with Gasteiger partial charge in [-0.3, -0.25) is 0 Å². The van der Waals surface area contributed by atoms with Crippen LogP contribution < -0.4 is 5.32 Å². The van der Waals surface area contributed by atoms with Gasteiger partial charge in [-0.05, 0) is 37.7 Å². The third-order valence-corrected chi connectivity index (χ3v) is 4.39. The van der Waals surface area contributed by atoms with E-state index in [1.54, 1.807) is 0 Å². The van der Waals surface area contributed by atoms with Crippen LogP contribution in [-0.4, -0.2) is 11.5 Å². The van der Waals surface area contributed by atoms with Gasteiger partial charge in [-0.15, -0.1) is 11.3 Å². The smallest absolute Gasteiger partial charge is 0.197 e. The lowest BCUT2D eigenvalue weighted by Crippen LogP contribution is -2.22. The highest BCUT2D eigenvalue weighted by Crippen LogP contribution is 2.26. The second-order valence-electron chi connectivity index (χ2n) is 4.84. The van der Waals surface area contributed by atoms with Gasteiger partial charge in [-0.2, -0.15) is 0 Å². The summed E-state index contributed by atoms with van der Waals surface area (Å²) in [6.45, 7) is 5.19. The van der Waals surface area contributed by atoms with Crippen LogP contribution in [0.5, 0.6) is 0 Å². The van der Waals surface area contributed by atoms with E-state index in [1.807, 2.05) is 35.6 Å². The maximum Gasteiger partial charge on any atom is 0.197 e. The molecule has 0 amide bonds. The van der Waals surface area contributed by atoms with Crippen molar-refractivity contribution in [1.82, 2.24) is 10.3 Å². The number of fused-ring (bicyclic) bond motifs is 1. The Labute approximate surface area is 122 Å². The molecule has 3 rings (SSSR count). The van der Waals surface area contributed by atoms with Crippen LogP contribution in [0.1, 0.15) is 28.6 Å². The Morgan fingerprint density at radius 2 is 2.10 bits per heavy atom. The van der Waals surface area contributed by atoms with Crippen molar-refractivity contribution < 1.29 is 4.42 Å². The summed E-state index contributed by atoms with van der Waals surface area (Å²) in [6.07, 6.45) is 0.780. The predicted octanol–water partition coefficient (Wildman–Crippen LogP) is 4.09. The van der Waals surface area contributed by atoms with Gasteiger partial charge >= 0.3 is 0 Å². The minimum absolute atomic E-state index is 0.270. The van der Waals surface area contributed by atoms with Gasteiger partial charge in [0.2, 0.25) is 0 Å². The molecule has 0 spiro atoms. The Balaban J connectivity index is 1.85. The van der Waals surface area contributed by atoms with Crippen LogP contribution in [0.2, 0.25) is 0 Å². The molecule has 4 heteroatoms. The molecule has 2 aromatic heterocycles. The molecular formula is C16H18N2OS. The first-order chi connectivity index (χ1) is 9.76. The minimum Gasteiger partial charge on any atom is -0.441 e. The van der Waals surface area contributed by atoms with Crippen LogP contribution in [0.25, 0.3) is 11.1 Å². The van der Waals surface area contributed by atoms with E-state index < -0.39 is 0 Å². The molecule has 20 heavy (non-hydrogen) atoms. The molecule has 0 bridgehead atoms. The maximum atomic E-state index is 5.83. The molecule has 0 saturated heterocycles. The second kappa shape index (κ2) is 5.77. The zero-order valence-electron chi connectivity index (χ0n) is 11.7. The largest absolute Gasteiger partial charge is 0.441 e. The molecule has 3 nitrogen and oxygen atoms in total. The van der Waals surface area contributed by atoms with E-state index in [9.17, 15) is 0 Å². The Morgan fingerprint density at radius 1 is 1.25 bits per heavy atom. The number of nitrogens with one attached hydrogen (secondary N) is 1. The van der Waals surface area contributed by atoms with E-state index in [4.69, 9.17) is 4.42 Å².